The zero-order valence-electron chi connectivity index (χ0n) is 9.39. The van der Waals surface area contributed by atoms with Crippen LogP contribution in [0.3, 0.4) is 0 Å². The molecule has 0 aliphatic carbocycles. The van der Waals surface area contributed by atoms with Gasteiger partial charge >= 0.3 is 0 Å². The minimum absolute atomic E-state index is 0.526. The van der Waals surface area contributed by atoms with Crippen LogP contribution in [-0.4, -0.2) is 12.8 Å². The van der Waals surface area contributed by atoms with Crippen LogP contribution >= 0.6 is 0 Å². The van der Waals surface area contributed by atoms with Crippen LogP contribution in [0.5, 0.6) is 0 Å². The van der Waals surface area contributed by atoms with E-state index < -0.39 is 0 Å². The van der Waals surface area contributed by atoms with E-state index >= 15 is 0 Å². The summed E-state index contributed by atoms with van der Waals surface area (Å²) in [7, 11) is 1.82. The molecule has 0 heterocycles. The van der Waals surface area contributed by atoms with Gasteiger partial charge in [0.15, 0.2) is 0 Å². The van der Waals surface area contributed by atoms with Gasteiger partial charge in [0.2, 0.25) is 0 Å². The maximum absolute atomic E-state index is 7.59. The Morgan fingerprint density at radius 3 is 2.20 bits per heavy atom. The van der Waals surface area contributed by atoms with Crippen LogP contribution in [0.25, 0.3) is 0 Å². The lowest BCUT2D eigenvalue weighted by Crippen LogP contribution is -2.18. The Hall–Kier alpha value is -1.77. The highest BCUT2D eigenvalue weighted by molar-refractivity contribution is 5.96. The van der Waals surface area contributed by atoms with Crippen molar-refractivity contribution in [1.29, 1.82) is 5.41 Å². The summed E-state index contributed by atoms with van der Waals surface area (Å²) >= 11 is 0. The Morgan fingerprint density at radius 2 is 1.73 bits per heavy atom. The molecule has 0 radical (unpaired) electrons. The highest BCUT2D eigenvalue weighted by Gasteiger charge is 2.02. The summed E-state index contributed by atoms with van der Waals surface area (Å²) < 4.78 is 0. The first-order valence-electron chi connectivity index (χ1n) is 4.91. The van der Waals surface area contributed by atoms with Crippen molar-refractivity contribution in [2.75, 3.05) is 12.4 Å². The van der Waals surface area contributed by atoms with Crippen molar-refractivity contribution >= 4 is 11.4 Å². The van der Waals surface area contributed by atoms with Gasteiger partial charge in [0.05, 0.1) is 11.4 Å². The summed E-state index contributed by atoms with van der Waals surface area (Å²) in [4.78, 5) is 0. The van der Waals surface area contributed by atoms with Crippen LogP contribution in [0.2, 0.25) is 0 Å². The highest BCUT2D eigenvalue weighted by atomic mass is 14.9. The van der Waals surface area contributed by atoms with Gasteiger partial charge in [-0.1, -0.05) is 18.2 Å². The molecule has 0 fully saturated rings. The second-order valence-corrected chi connectivity index (χ2v) is 3.37. The molecule has 80 valence electrons. The van der Waals surface area contributed by atoms with Gasteiger partial charge in [-0.3, -0.25) is 0 Å². The third kappa shape index (κ3) is 3.13. The Bertz CT molecular complexity index is 366. The van der Waals surface area contributed by atoms with Crippen molar-refractivity contribution < 1.29 is 0 Å². The molecule has 1 aromatic rings. The summed E-state index contributed by atoms with van der Waals surface area (Å²) in [6.45, 7) is 3.72. The first-order chi connectivity index (χ1) is 7.15. The Balaban J connectivity index is 2.86. The molecule has 3 N–H and O–H groups in total. The second-order valence-electron chi connectivity index (χ2n) is 3.37. The summed E-state index contributed by atoms with van der Waals surface area (Å²) in [5, 5.41) is 13.9. The SMILES string of the molecule is CN/C(C(C)=N)=C(\C)Nc1ccccc1. The Labute approximate surface area is 90.7 Å². The molecule has 0 saturated carbocycles. The first kappa shape index (κ1) is 11.3. The molecule has 0 saturated heterocycles. The van der Waals surface area contributed by atoms with Crippen molar-refractivity contribution in [2.24, 2.45) is 0 Å². The highest BCUT2D eigenvalue weighted by Crippen LogP contribution is 2.10. The van der Waals surface area contributed by atoms with Gasteiger partial charge in [-0.25, -0.2) is 0 Å². The van der Waals surface area contributed by atoms with Crippen LogP contribution in [-0.2, 0) is 0 Å². The van der Waals surface area contributed by atoms with Crippen LogP contribution < -0.4 is 10.6 Å². The zero-order chi connectivity index (χ0) is 11.3. The summed E-state index contributed by atoms with van der Waals surface area (Å²) in [6.07, 6.45) is 0. The van der Waals surface area contributed by atoms with E-state index in [9.17, 15) is 0 Å². The number of anilines is 1. The first-order valence-corrected chi connectivity index (χ1v) is 4.91. The van der Waals surface area contributed by atoms with Gasteiger partial charge in [-0.2, -0.15) is 0 Å². The maximum atomic E-state index is 7.59. The van der Waals surface area contributed by atoms with E-state index in [-0.39, 0.29) is 0 Å². The van der Waals surface area contributed by atoms with Crippen LogP contribution in [0.1, 0.15) is 13.8 Å². The zero-order valence-corrected chi connectivity index (χ0v) is 9.39. The number of benzene rings is 1. The number of allylic oxidation sites excluding steroid dienone is 2. The molecule has 0 aliphatic heterocycles. The summed E-state index contributed by atoms with van der Waals surface area (Å²) in [5.74, 6) is 0. The topological polar surface area (TPSA) is 47.9 Å². The smallest absolute Gasteiger partial charge is 0.0739 e. The number of hydrogen-bond donors (Lipinski definition) is 3. The normalized spacial score (nSPS) is 11.7. The predicted molar refractivity (Wildman–Crippen MR) is 65.2 cm³/mol. The number of hydrogen-bond acceptors (Lipinski definition) is 3. The molecular weight excluding hydrogens is 186 g/mol. The lowest BCUT2D eigenvalue weighted by atomic mass is 10.2. The van der Waals surface area contributed by atoms with E-state index in [1.165, 1.54) is 0 Å². The molecule has 0 bridgehead atoms. The standard InChI is InChI=1S/C12H17N3/c1-9(13)12(14-3)10(2)15-11-7-5-4-6-8-11/h4-8,13-15H,1-3H3/b12-10+,13-9?. The lowest BCUT2D eigenvalue weighted by Gasteiger charge is -2.12. The summed E-state index contributed by atoms with van der Waals surface area (Å²) in [5.41, 5.74) is 3.34. The van der Waals surface area contributed by atoms with Crippen molar-refractivity contribution in [3.63, 3.8) is 0 Å². The molecule has 1 rings (SSSR count). The van der Waals surface area contributed by atoms with Crippen molar-refractivity contribution in [2.45, 2.75) is 13.8 Å². The fourth-order valence-corrected chi connectivity index (χ4v) is 1.46. The molecule has 1 aromatic carbocycles. The van der Waals surface area contributed by atoms with E-state index in [2.05, 4.69) is 10.6 Å². The maximum Gasteiger partial charge on any atom is 0.0739 e. The van der Waals surface area contributed by atoms with Gasteiger partial charge in [0.25, 0.3) is 0 Å². The minimum atomic E-state index is 0.526. The van der Waals surface area contributed by atoms with E-state index in [0.29, 0.717) is 5.71 Å². The molecule has 0 unspecified atom stereocenters. The number of rotatable bonds is 4. The lowest BCUT2D eigenvalue weighted by molar-refractivity contribution is 1.01. The van der Waals surface area contributed by atoms with E-state index in [1.54, 1.807) is 6.92 Å². The molecular formula is C12H17N3. The van der Waals surface area contributed by atoms with E-state index in [1.807, 2.05) is 44.3 Å². The largest absolute Gasteiger partial charge is 0.385 e. The van der Waals surface area contributed by atoms with Gasteiger partial charge in [-0.15, -0.1) is 0 Å². The third-order valence-electron chi connectivity index (χ3n) is 2.11. The van der Waals surface area contributed by atoms with Gasteiger partial charge < -0.3 is 16.0 Å². The second kappa shape index (κ2) is 5.20. The number of para-hydroxylation sites is 1. The molecule has 0 amide bonds. The predicted octanol–water partition coefficient (Wildman–Crippen LogP) is 2.59. The Kier molecular flexibility index (Phi) is 3.92. The molecule has 3 nitrogen and oxygen atoms in total. The molecule has 0 atom stereocenters. The fourth-order valence-electron chi connectivity index (χ4n) is 1.46. The molecule has 0 aromatic heterocycles. The van der Waals surface area contributed by atoms with Crippen molar-refractivity contribution in [3.8, 4) is 0 Å². The molecule has 0 spiro atoms. The minimum Gasteiger partial charge on any atom is -0.385 e. The van der Waals surface area contributed by atoms with E-state index in [4.69, 9.17) is 5.41 Å². The van der Waals surface area contributed by atoms with Gasteiger partial charge in [0, 0.05) is 18.4 Å². The van der Waals surface area contributed by atoms with Gasteiger partial charge in [0.1, 0.15) is 0 Å². The van der Waals surface area contributed by atoms with Crippen molar-refractivity contribution in [3.05, 3.63) is 41.7 Å². The molecule has 3 heteroatoms. The van der Waals surface area contributed by atoms with Crippen LogP contribution in [0.15, 0.2) is 41.7 Å². The average molecular weight is 203 g/mol. The number of nitrogens with one attached hydrogen (secondary N) is 3. The molecule has 0 aliphatic rings. The van der Waals surface area contributed by atoms with Crippen molar-refractivity contribution in [1.82, 2.24) is 5.32 Å². The monoisotopic (exact) mass is 203 g/mol. The summed E-state index contributed by atoms with van der Waals surface area (Å²) in [6, 6.07) is 9.93. The third-order valence-corrected chi connectivity index (χ3v) is 2.11. The average Bonchev–Trinajstić information content (AvgIpc) is 2.19. The fraction of sp³-hybridized carbons (Fsp3) is 0.250. The Morgan fingerprint density at radius 1 is 1.13 bits per heavy atom. The van der Waals surface area contributed by atoms with Gasteiger partial charge in [-0.05, 0) is 26.0 Å². The molecule has 15 heavy (non-hydrogen) atoms. The van der Waals surface area contributed by atoms with Crippen LogP contribution in [0.4, 0.5) is 5.69 Å². The van der Waals surface area contributed by atoms with E-state index in [0.717, 1.165) is 17.1 Å². The quantitative estimate of drug-likeness (QED) is 0.659. The van der Waals surface area contributed by atoms with Crippen LogP contribution in [0, 0.1) is 5.41 Å².